The Kier molecular flexibility index (Phi) is 4.03. The van der Waals surface area contributed by atoms with Gasteiger partial charge >= 0.3 is 12.0 Å². The summed E-state index contributed by atoms with van der Waals surface area (Å²) in [4.78, 5) is 22.2. The third-order valence-corrected chi connectivity index (χ3v) is 2.20. The molecule has 2 amide bonds. The van der Waals surface area contributed by atoms with E-state index >= 15 is 0 Å². The van der Waals surface area contributed by atoms with E-state index in [9.17, 15) is 22.8 Å². The molecule has 1 rings (SSSR count). The molecule has 0 unspecified atom stereocenters. The zero-order valence-corrected chi connectivity index (χ0v) is 10.1. The number of aliphatic carboxylic acids is 1. The Morgan fingerprint density at radius 2 is 1.63 bits per heavy atom. The standard InChI is InChI=1S/C11H11F3N2O3/c1-11(2,9(17)18)16-10(19)15-5-3-6(12)8(14)7(13)4-5/h3-4H,1-2H3,(H,17,18)(H2,15,16,19). The van der Waals surface area contributed by atoms with Crippen LogP contribution in [0.1, 0.15) is 13.8 Å². The number of carboxylic acid groups (broad SMARTS) is 1. The predicted molar refractivity (Wildman–Crippen MR) is 60.2 cm³/mol. The Balaban J connectivity index is 2.81. The smallest absolute Gasteiger partial charge is 0.328 e. The van der Waals surface area contributed by atoms with Gasteiger partial charge in [0.1, 0.15) is 5.54 Å². The number of nitrogens with one attached hydrogen (secondary N) is 2. The van der Waals surface area contributed by atoms with Crippen LogP contribution in [-0.2, 0) is 4.79 Å². The number of hydrogen-bond acceptors (Lipinski definition) is 2. The molecule has 3 N–H and O–H groups in total. The van der Waals surface area contributed by atoms with Crippen LogP contribution < -0.4 is 10.6 Å². The molecule has 0 fully saturated rings. The summed E-state index contributed by atoms with van der Waals surface area (Å²) >= 11 is 0. The van der Waals surface area contributed by atoms with Crippen LogP contribution in [0.15, 0.2) is 12.1 Å². The number of anilines is 1. The second kappa shape index (κ2) is 5.17. The highest BCUT2D eigenvalue weighted by atomic mass is 19.2. The lowest BCUT2D eigenvalue weighted by molar-refractivity contribution is -0.142. The van der Waals surface area contributed by atoms with Crippen molar-refractivity contribution < 1.29 is 27.9 Å². The molecule has 8 heteroatoms. The predicted octanol–water partition coefficient (Wildman–Crippen LogP) is 2.09. The highest BCUT2D eigenvalue weighted by Crippen LogP contribution is 2.17. The number of rotatable bonds is 3. The molecular weight excluding hydrogens is 265 g/mol. The van der Waals surface area contributed by atoms with Gasteiger partial charge in [-0.25, -0.2) is 22.8 Å². The number of benzene rings is 1. The molecule has 0 heterocycles. The number of urea groups is 1. The fraction of sp³-hybridized carbons (Fsp3) is 0.273. The van der Waals surface area contributed by atoms with Crippen LogP contribution in [0, 0.1) is 17.5 Å². The molecule has 0 bridgehead atoms. The van der Waals surface area contributed by atoms with Gasteiger partial charge in [-0.2, -0.15) is 0 Å². The van der Waals surface area contributed by atoms with Crippen molar-refractivity contribution >= 4 is 17.7 Å². The fourth-order valence-corrected chi connectivity index (χ4v) is 1.13. The first-order valence-electron chi connectivity index (χ1n) is 5.10. The number of halogens is 3. The SMILES string of the molecule is CC(C)(NC(=O)Nc1cc(F)c(F)c(F)c1)C(=O)O. The summed E-state index contributed by atoms with van der Waals surface area (Å²) in [6.07, 6.45) is 0. The molecular formula is C11H11F3N2O3. The zero-order valence-electron chi connectivity index (χ0n) is 10.1. The van der Waals surface area contributed by atoms with Crippen LogP contribution in [0.4, 0.5) is 23.7 Å². The summed E-state index contributed by atoms with van der Waals surface area (Å²) in [5.74, 6) is -5.88. The Morgan fingerprint density at radius 1 is 1.16 bits per heavy atom. The molecule has 0 aromatic heterocycles. The molecule has 0 atom stereocenters. The summed E-state index contributed by atoms with van der Waals surface area (Å²) in [5.41, 5.74) is -1.91. The van der Waals surface area contributed by atoms with Crippen LogP contribution in [0.5, 0.6) is 0 Å². The summed E-state index contributed by atoms with van der Waals surface area (Å²) in [6, 6.07) is 0.162. The van der Waals surface area contributed by atoms with E-state index in [1.54, 1.807) is 0 Å². The molecule has 19 heavy (non-hydrogen) atoms. The van der Waals surface area contributed by atoms with Gasteiger partial charge in [-0.1, -0.05) is 0 Å². The lowest BCUT2D eigenvalue weighted by atomic mass is 10.1. The normalized spacial score (nSPS) is 11.0. The van der Waals surface area contributed by atoms with Gasteiger partial charge in [-0.05, 0) is 13.8 Å². The Bertz CT molecular complexity index is 509. The molecule has 0 aliphatic carbocycles. The van der Waals surface area contributed by atoms with Gasteiger partial charge in [-0.15, -0.1) is 0 Å². The molecule has 0 spiro atoms. The molecule has 104 valence electrons. The van der Waals surface area contributed by atoms with E-state index in [1.807, 2.05) is 5.32 Å². The van der Waals surface area contributed by atoms with Gasteiger partial charge in [0.2, 0.25) is 0 Å². The van der Waals surface area contributed by atoms with Crippen LogP contribution >= 0.6 is 0 Å². The highest BCUT2D eigenvalue weighted by Gasteiger charge is 2.29. The highest BCUT2D eigenvalue weighted by molar-refractivity contribution is 5.93. The maximum atomic E-state index is 12.9. The molecule has 0 aliphatic rings. The van der Waals surface area contributed by atoms with E-state index in [2.05, 4.69) is 5.32 Å². The Hall–Kier alpha value is -2.25. The van der Waals surface area contributed by atoms with E-state index in [0.29, 0.717) is 12.1 Å². The van der Waals surface area contributed by atoms with Gasteiger partial charge in [-0.3, -0.25) is 0 Å². The minimum absolute atomic E-state index is 0.338. The van der Waals surface area contributed by atoms with E-state index in [4.69, 9.17) is 5.11 Å². The lowest BCUT2D eigenvalue weighted by Gasteiger charge is -2.21. The summed E-state index contributed by atoms with van der Waals surface area (Å²) < 4.78 is 38.4. The average Bonchev–Trinajstić information content (AvgIpc) is 2.24. The number of carbonyl (C=O) groups is 2. The largest absolute Gasteiger partial charge is 0.480 e. The third kappa shape index (κ3) is 3.60. The lowest BCUT2D eigenvalue weighted by Crippen LogP contribution is -2.51. The van der Waals surface area contributed by atoms with Crippen LogP contribution in [0.25, 0.3) is 0 Å². The van der Waals surface area contributed by atoms with Crippen molar-refractivity contribution in [3.8, 4) is 0 Å². The van der Waals surface area contributed by atoms with Crippen molar-refractivity contribution in [1.82, 2.24) is 5.32 Å². The number of amides is 2. The fourth-order valence-electron chi connectivity index (χ4n) is 1.13. The summed E-state index contributed by atoms with van der Waals surface area (Å²) in [6.45, 7) is 2.45. The first kappa shape index (κ1) is 14.8. The second-order valence-electron chi connectivity index (χ2n) is 4.26. The van der Waals surface area contributed by atoms with Crippen molar-refractivity contribution in [3.63, 3.8) is 0 Å². The van der Waals surface area contributed by atoms with E-state index in [1.165, 1.54) is 13.8 Å². The average molecular weight is 276 g/mol. The Morgan fingerprint density at radius 3 is 2.05 bits per heavy atom. The van der Waals surface area contributed by atoms with Gasteiger partial charge in [0.05, 0.1) is 0 Å². The van der Waals surface area contributed by atoms with Crippen molar-refractivity contribution in [3.05, 3.63) is 29.6 Å². The Labute approximate surface area is 106 Å². The maximum absolute atomic E-state index is 12.9. The quantitative estimate of drug-likeness (QED) is 0.740. The molecule has 0 radical (unpaired) electrons. The van der Waals surface area contributed by atoms with E-state index in [0.717, 1.165) is 0 Å². The van der Waals surface area contributed by atoms with Gasteiger partial charge in [0, 0.05) is 17.8 Å². The van der Waals surface area contributed by atoms with Gasteiger partial charge in [0.25, 0.3) is 0 Å². The molecule has 1 aromatic rings. The second-order valence-corrected chi connectivity index (χ2v) is 4.26. The van der Waals surface area contributed by atoms with Crippen LogP contribution in [-0.4, -0.2) is 22.6 Å². The maximum Gasteiger partial charge on any atom is 0.328 e. The molecule has 1 aromatic carbocycles. The number of carbonyl (C=O) groups excluding carboxylic acids is 1. The number of carboxylic acids is 1. The topological polar surface area (TPSA) is 78.4 Å². The molecule has 0 saturated heterocycles. The molecule has 0 saturated carbocycles. The summed E-state index contributed by atoms with van der Waals surface area (Å²) in [5, 5.41) is 12.8. The van der Waals surface area contributed by atoms with Gasteiger partial charge in [0.15, 0.2) is 17.5 Å². The van der Waals surface area contributed by atoms with Crippen molar-refractivity contribution in [2.75, 3.05) is 5.32 Å². The van der Waals surface area contributed by atoms with Crippen molar-refractivity contribution in [1.29, 1.82) is 0 Å². The third-order valence-electron chi connectivity index (χ3n) is 2.20. The first-order valence-corrected chi connectivity index (χ1v) is 5.10. The van der Waals surface area contributed by atoms with Crippen LogP contribution in [0.3, 0.4) is 0 Å². The minimum atomic E-state index is -1.66. The minimum Gasteiger partial charge on any atom is -0.480 e. The van der Waals surface area contributed by atoms with Gasteiger partial charge < -0.3 is 15.7 Å². The zero-order chi connectivity index (χ0) is 14.8. The van der Waals surface area contributed by atoms with E-state index < -0.39 is 35.0 Å². The molecule has 0 aliphatic heterocycles. The van der Waals surface area contributed by atoms with Crippen LogP contribution in [0.2, 0.25) is 0 Å². The molecule has 5 nitrogen and oxygen atoms in total. The summed E-state index contributed by atoms with van der Waals surface area (Å²) in [7, 11) is 0. The number of hydrogen-bond donors (Lipinski definition) is 3. The monoisotopic (exact) mass is 276 g/mol. The van der Waals surface area contributed by atoms with E-state index in [-0.39, 0.29) is 5.69 Å². The first-order chi connectivity index (χ1) is 8.63. The van der Waals surface area contributed by atoms with Crippen molar-refractivity contribution in [2.24, 2.45) is 0 Å². The van der Waals surface area contributed by atoms with Crippen molar-refractivity contribution in [2.45, 2.75) is 19.4 Å².